The lowest BCUT2D eigenvalue weighted by molar-refractivity contribution is -0.132. The highest BCUT2D eigenvalue weighted by molar-refractivity contribution is 6.09. The highest BCUT2D eigenvalue weighted by Gasteiger charge is 2.14. The van der Waals surface area contributed by atoms with E-state index >= 15 is 0 Å². The fraction of sp³-hybridized carbons (Fsp3) is 0.158. The Morgan fingerprint density at radius 2 is 1.58 bits per heavy atom. The van der Waals surface area contributed by atoms with Crippen molar-refractivity contribution in [2.24, 2.45) is 0 Å². The molecule has 2 N–H and O–H groups in total. The maximum absolute atomic E-state index is 12.4. The van der Waals surface area contributed by atoms with E-state index in [1.54, 1.807) is 30.3 Å². The molecule has 0 radical (unpaired) electrons. The molecule has 26 heavy (non-hydrogen) atoms. The Morgan fingerprint density at radius 3 is 2.12 bits per heavy atom. The Kier molecular flexibility index (Phi) is 6.21. The van der Waals surface area contributed by atoms with E-state index in [0.717, 1.165) is 6.08 Å². The Hall–Kier alpha value is -3.48. The van der Waals surface area contributed by atoms with Gasteiger partial charge in [-0.2, -0.15) is 0 Å². The smallest absolute Gasteiger partial charge is 0.352 e. The summed E-state index contributed by atoms with van der Waals surface area (Å²) in [5.74, 6) is -0.244. The molecule has 2 aromatic rings. The minimum Gasteiger partial charge on any atom is -0.497 e. The molecule has 0 aliphatic rings. The van der Waals surface area contributed by atoms with Gasteiger partial charge in [-0.1, -0.05) is 0 Å². The highest BCUT2D eigenvalue weighted by Crippen LogP contribution is 2.28. The second-order valence-corrected chi connectivity index (χ2v) is 5.15. The maximum Gasteiger partial charge on any atom is 0.352 e. The average Bonchev–Trinajstić information content (AvgIpc) is 2.67. The predicted molar refractivity (Wildman–Crippen MR) is 96.2 cm³/mol. The summed E-state index contributed by atoms with van der Waals surface area (Å²) >= 11 is 0. The molecule has 136 valence electrons. The van der Waals surface area contributed by atoms with Gasteiger partial charge in [-0.15, -0.1) is 0 Å². The van der Waals surface area contributed by atoms with Crippen molar-refractivity contribution < 1.29 is 28.9 Å². The zero-order valence-electron chi connectivity index (χ0n) is 14.6. The third kappa shape index (κ3) is 4.54. The second kappa shape index (κ2) is 8.57. The van der Waals surface area contributed by atoms with Crippen LogP contribution >= 0.6 is 0 Å². The molecule has 0 atom stereocenters. The third-order valence-electron chi connectivity index (χ3n) is 3.54. The summed E-state index contributed by atoms with van der Waals surface area (Å²) in [7, 11) is 4.48. The van der Waals surface area contributed by atoms with Crippen LogP contribution in [0.4, 0.5) is 5.69 Å². The molecular formula is C19H19NO6. The molecule has 0 saturated carbocycles. The molecule has 0 aliphatic carbocycles. The number of carbonyl (C=O) groups is 2. The number of hydrogen-bond acceptors (Lipinski definition) is 6. The van der Waals surface area contributed by atoms with Crippen molar-refractivity contribution in [2.75, 3.05) is 26.6 Å². The zero-order valence-corrected chi connectivity index (χ0v) is 14.6. The lowest BCUT2D eigenvalue weighted by Gasteiger charge is -2.09. The molecule has 0 unspecified atom stereocenters. The van der Waals surface area contributed by atoms with Crippen molar-refractivity contribution >= 4 is 17.4 Å². The van der Waals surface area contributed by atoms with E-state index in [2.05, 4.69) is 5.32 Å². The molecule has 7 heteroatoms. The Labute approximate surface area is 150 Å². The SMILES string of the molecule is COc1ccc(N/C(=C\C(=O)c2ccc(OC)c(OC)c2)C(=O)O)cc1. The first kappa shape index (κ1) is 18.9. The zero-order chi connectivity index (χ0) is 19.1. The number of ketones is 1. The van der Waals surface area contributed by atoms with Gasteiger partial charge >= 0.3 is 5.97 Å². The summed E-state index contributed by atoms with van der Waals surface area (Å²) in [6.45, 7) is 0. The van der Waals surface area contributed by atoms with Gasteiger partial charge in [0, 0.05) is 17.3 Å². The third-order valence-corrected chi connectivity index (χ3v) is 3.54. The molecule has 0 aliphatic heterocycles. The first-order valence-electron chi connectivity index (χ1n) is 7.61. The number of anilines is 1. The van der Waals surface area contributed by atoms with Crippen LogP contribution in [-0.4, -0.2) is 38.2 Å². The maximum atomic E-state index is 12.4. The van der Waals surface area contributed by atoms with Crippen LogP contribution in [0.2, 0.25) is 0 Å². The summed E-state index contributed by atoms with van der Waals surface area (Å²) in [6.07, 6.45) is 1.02. The number of methoxy groups -OCH3 is 3. The van der Waals surface area contributed by atoms with E-state index in [9.17, 15) is 14.7 Å². The van der Waals surface area contributed by atoms with Crippen LogP contribution < -0.4 is 19.5 Å². The van der Waals surface area contributed by atoms with Gasteiger partial charge in [0.05, 0.1) is 21.3 Å². The summed E-state index contributed by atoms with van der Waals surface area (Å²) in [4.78, 5) is 23.9. The van der Waals surface area contributed by atoms with E-state index in [1.165, 1.54) is 33.5 Å². The van der Waals surface area contributed by atoms with E-state index in [-0.39, 0.29) is 11.3 Å². The number of carbonyl (C=O) groups excluding carboxylic acids is 1. The van der Waals surface area contributed by atoms with E-state index in [0.29, 0.717) is 22.9 Å². The first-order chi connectivity index (χ1) is 12.5. The Balaban J connectivity index is 2.26. The first-order valence-corrected chi connectivity index (χ1v) is 7.61. The van der Waals surface area contributed by atoms with Gasteiger partial charge in [0.15, 0.2) is 17.3 Å². The fourth-order valence-corrected chi connectivity index (χ4v) is 2.19. The summed E-state index contributed by atoms with van der Waals surface area (Å²) in [5.41, 5.74) is 0.535. The fourth-order valence-electron chi connectivity index (χ4n) is 2.19. The lowest BCUT2D eigenvalue weighted by atomic mass is 10.1. The van der Waals surface area contributed by atoms with Crippen molar-refractivity contribution in [2.45, 2.75) is 0 Å². The van der Waals surface area contributed by atoms with E-state index in [1.807, 2.05) is 0 Å². The topological polar surface area (TPSA) is 94.1 Å². The molecule has 0 bridgehead atoms. The molecule has 2 rings (SSSR count). The molecule has 0 amide bonds. The van der Waals surface area contributed by atoms with Crippen molar-refractivity contribution in [1.82, 2.24) is 0 Å². The van der Waals surface area contributed by atoms with E-state index in [4.69, 9.17) is 14.2 Å². The summed E-state index contributed by atoms with van der Waals surface area (Å²) in [5, 5.41) is 12.1. The monoisotopic (exact) mass is 357 g/mol. The van der Waals surface area contributed by atoms with Crippen molar-refractivity contribution in [1.29, 1.82) is 0 Å². The Bertz CT molecular complexity index is 826. The van der Waals surface area contributed by atoms with Crippen LogP contribution in [0.5, 0.6) is 17.2 Å². The predicted octanol–water partition coefficient (Wildman–Crippen LogP) is 2.98. The number of rotatable bonds is 8. The van der Waals surface area contributed by atoms with Crippen LogP contribution in [0, 0.1) is 0 Å². The molecule has 7 nitrogen and oxygen atoms in total. The largest absolute Gasteiger partial charge is 0.497 e. The minimum absolute atomic E-state index is 0.255. The average molecular weight is 357 g/mol. The molecule has 0 heterocycles. The quantitative estimate of drug-likeness (QED) is 0.554. The summed E-state index contributed by atoms with van der Waals surface area (Å²) in [6, 6.07) is 11.3. The minimum atomic E-state index is -1.25. The van der Waals surface area contributed by atoms with Gasteiger partial charge < -0.3 is 24.6 Å². The number of benzene rings is 2. The van der Waals surface area contributed by atoms with Crippen LogP contribution in [0.25, 0.3) is 0 Å². The van der Waals surface area contributed by atoms with Crippen molar-refractivity contribution in [3.8, 4) is 17.2 Å². The number of carboxylic acid groups (broad SMARTS) is 1. The van der Waals surface area contributed by atoms with Crippen LogP contribution in [0.3, 0.4) is 0 Å². The van der Waals surface area contributed by atoms with Gasteiger partial charge in [0.2, 0.25) is 0 Å². The molecule has 2 aromatic carbocycles. The van der Waals surface area contributed by atoms with Gasteiger partial charge in [-0.3, -0.25) is 4.79 Å². The van der Waals surface area contributed by atoms with Gasteiger partial charge in [-0.25, -0.2) is 4.79 Å². The Morgan fingerprint density at radius 1 is 0.923 bits per heavy atom. The highest BCUT2D eigenvalue weighted by atomic mass is 16.5. The lowest BCUT2D eigenvalue weighted by Crippen LogP contribution is -2.13. The molecule has 0 aromatic heterocycles. The van der Waals surface area contributed by atoms with E-state index < -0.39 is 11.8 Å². The number of nitrogens with one attached hydrogen (secondary N) is 1. The number of carboxylic acids is 1. The number of allylic oxidation sites excluding steroid dienone is 1. The van der Waals surface area contributed by atoms with Gasteiger partial charge in [0.1, 0.15) is 11.4 Å². The molecule has 0 saturated heterocycles. The van der Waals surface area contributed by atoms with Crippen molar-refractivity contribution in [3.05, 3.63) is 59.8 Å². The number of hydrogen-bond donors (Lipinski definition) is 2. The normalized spacial score (nSPS) is 10.8. The molecule has 0 spiro atoms. The van der Waals surface area contributed by atoms with Gasteiger partial charge in [0.25, 0.3) is 0 Å². The van der Waals surface area contributed by atoms with Crippen LogP contribution in [0.1, 0.15) is 10.4 Å². The standard InChI is InChI=1S/C19H19NO6/c1-24-14-7-5-13(6-8-14)20-15(19(22)23)11-16(21)12-4-9-17(25-2)18(10-12)26-3/h4-11,20H,1-3H3,(H,22,23)/b15-11-. The van der Waals surface area contributed by atoms with Crippen molar-refractivity contribution in [3.63, 3.8) is 0 Å². The molecule has 0 fully saturated rings. The summed E-state index contributed by atoms with van der Waals surface area (Å²) < 4.78 is 15.3. The number of aliphatic carboxylic acids is 1. The van der Waals surface area contributed by atoms with Gasteiger partial charge in [-0.05, 0) is 42.5 Å². The van der Waals surface area contributed by atoms with Crippen LogP contribution in [-0.2, 0) is 4.79 Å². The molecular weight excluding hydrogens is 338 g/mol. The number of ether oxygens (including phenoxy) is 3. The van der Waals surface area contributed by atoms with Crippen LogP contribution in [0.15, 0.2) is 54.2 Å². The second-order valence-electron chi connectivity index (χ2n) is 5.15.